The zero-order valence-electron chi connectivity index (χ0n) is 10.9. The molecule has 0 radical (unpaired) electrons. The zero-order valence-corrected chi connectivity index (χ0v) is 10.9. The van der Waals surface area contributed by atoms with Gasteiger partial charge >= 0.3 is 0 Å². The van der Waals surface area contributed by atoms with Crippen LogP contribution < -0.4 is 16.2 Å². The molecular weight excluding hydrogens is 242 g/mol. The summed E-state index contributed by atoms with van der Waals surface area (Å²) in [5.41, 5.74) is 13.9. The molecule has 19 heavy (non-hydrogen) atoms. The van der Waals surface area contributed by atoms with Crippen molar-refractivity contribution in [2.45, 2.75) is 50.7 Å². The first-order valence-electron chi connectivity index (χ1n) is 6.88. The molecule has 0 bridgehead atoms. The van der Waals surface area contributed by atoms with Crippen molar-refractivity contribution in [3.63, 3.8) is 0 Å². The minimum atomic E-state index is -0.473. The van der Waals surface area contributed by atoms with Gasteiger partial charge in [-0.05, 0) is 50.2 Å². The van der Waals surface area contributed by atoms with Crippen molar-refractivity contribution >= 4 is 5.91 Å². The molecule has 1 fully saturated rings. The Balaban J connectivity index is 1.88. The molecule has 1 amide bonds. The second kappa shape index (κ2) is 4.81. The van der Waals surface area contributed by atoms with E-state index in [4.69, 9.17) is 16.2 Å². The summed E-state index contributed by atoms with van der Waals surface area (Å²) in [4.78, 5) is 16.0. The number of aromatic nitrogens is 1. The molecule has 5 heteroatoms. The summed E-state index contributed by atoms with van der Waals surface area (Å²) < 4.78 is 5.87. The number of rotatable bonds is 3. The average molecular weight is 261 g/mol. The lowest BCUT2D eigenvalue weighted by molar-refractivity contribution is 0.0991. The van der Waals surface area contributed by atoms with Crippen molar-refractivity contribution in [1.29, 1.82) is 0 Å². The zero-order chi connectivity index (χ0) is 13.4. The highest BCUT2D eigenvalue weighted by molar-refractivity contribution is 5.95. The second-order valence-corrected chi connectivity index (χ2v) is 5.48. The molecule has 0 spiro atoms. The first-order valence-corrected chi connectivity index (χ1v) is 6.88. The van der Waals surface area contributed by atoms with Crippen LogP contribution in [0.4, 0.5) is 0 Å². The SMILES string of the molecule is NC(=O)c1cc2c(nc1OC1CCC(N)C1)CCC2. The molecule has 5 nitrogen and oxygen atoms in total. The van der Waals surface area contributed by atoms with Crippen molar-refractivity contribution in [2.75, 3.05) is 0 Å². The van der Waals surface area contributed by atoms with Crippen LogP contribution in [0.2, 0.25) is 0 Å². The van der Waals surface area contributed by atoms with Gasteiger partial charge in [-0.15, -0.1) is 0 Å². The number of amides is 1. The van der Waals surface area contributed by atoms with Gasteiger partial charge in [-0.25, -0.2) is 4.98 Å². The van der Waals surface area contributed by atoms with Crippen LogP contribution in [0.5, 0.6) is 5.88 Å². The lowest BCUT2D eigenvalue weighted by Crippen LogP contribution is -2.22. The third-order valence-corrected chi connectivity index (χ3v) is 3.98. The molecule has 2 aliphatic carbocycles. The van der Waals surface area contributed by atoms with E-state index < -0.39 is 5.91 Å². The van der Waals surface area contributed by atoms with Crippen molar-refractivity contribution < 1.29 is 9.53 Å². The van der Waals surface area contributed by atoms with Crippen LogP contribution in [0.1, 0.15) is 47.3 Å². The number of nitrogens with zero attached hydrogens (tertiary/aromatic N) is 1. The van der Waals surface area contributed by atoms with E-state index in [0.29, 0.717) is 11.4 Å². The van der Waals surface area contributed by atoms with Gasteiger partial charge in [0.2, 0.25) is 5.88 Å². The molecule has 1 aromatic rings. The van der Waals surface area contributed by atoms with Gasteiger partial charge in [-0.2, -0.15) is 0 Å². The summed E-state index contributed by atoms with van der Waals surface area (Å²) in [7, 11) is 0. The topological polar surface area (TPSA) is 91.2 Å². The number of carbonyl (C=O) groups excluding carboxylic acids is 1. The van der Waals surface area contributed by atoms with Crippen LogP contribution in [0, 0.1) is 0 Å². The van der Waals surface area contributed by atoms with Gasteiger partial charge in [0.25, 0.3) is 5.91 Å². The van der Waals surface area contributed by atoms with Crippen molar-refractivity contribution in [3.8, 4) is 5.88 Å². The van der Waals surface area contributed by atoms with Gasteiger partial charge in [0, 0.05) is 11.7 Å². The van der Waals surface area contributed by atoms with Gasteiger partial charge in [0.15, 0.2) is 0 Å². The fourth-order valence-corrected chi connectivity index (χ4v) is 2.96. The van der Waals surface area contributed by atoms with Crippen LogP contribution in [0.15, 0.2) is 6.07 Å². The fourth-order valence-electron chi connectivity index (χ4n) is 2.96. The summed E-state index contributed by atoms with van der Waals surface area (Å²) >= 11 is 0. The molecular formula is C14H19N3O2. The van der Waals surface area contributed by atoms with E-state index in [1.54, 1.807) is 0 Å². The number of fused-ring (bicyclic) bond motifs is 1. The van der Waals surface area contributed by atoms with Crippen molar-refractivity contribution in [3.05, 3.63) is 22.9 Å². The van der Waals surface area contributed by atoms with E-state index in [0.717, 1.165) is 49.8 Å². The average Bonchev–Trinajstić information content (AvgIpc) is 2.96. The van der Waals surface area contributed by atoms with E-state index in [1.807, 2.05) is 6.07 Å². The number of carbonyl (C=O) groups is 1. The van der Waals surface area contributed by atoms with E-state index in [-0.39, 0.29) is 12.1 Å². The highest BCUT2D eigenvalue weighted by atomic mass is 16.5. The fraction of sp³-hybridized carbons (Fsp3) is 0.571. The highest BCUT2D eigenvalue weighted by Gasteiger charge is 2.26. The maximum absolute atomic E-state index is 11.5. The molecule has 1 heterocycles. The van der Waals surface area contributed by atoms with E-state index >= 15 is 0 Å². The standard InChI is InChI=1S/C14H19N3O2/c15-9-4-5-10(7-9)19-14-11(13(16)18)6-8-2-1-3-12(8)17-14/h6,9-10H,1-5,7,15H2,(H2,16,18). The first-order chi connectivity index (χ1) is 9.13. The Hall–Kier alpha value is -1.62. The Morgan fingerprint density at radius 1 is 1.37 bits per heavy atom. The third-order valence-electron chi connectivity index (χ3n) is 3.98. The molecule has 0 saturated heterocycles. The summed E-state index contributed by atoms with van der Waals surface area (Å²) in [6.07, 6.45) is 5.75. The third kappa shape index (κ3) is 2.42. The highest BCUT2D eigenvalue weighted by Crippen LogP contribution is 2.29. The number of pyridine rings is 1. The lowest BCUT2D eigenvalue weighted by Gasteiger charge is -2.15. The number of hydrogen-bond donors (Lipinski definition) is 2. The Kier molecular flexibility index (Phi) is 3.14. The Morgan fingerprint density at radius 3 is 2.89 bits per heavy atom. The van der Waals surface area contributed by atoms with Crippen LogP contribution in [-0.2, 0) is 12.8 Å². The van der Waals surface area contributed by atoms with Gasteiger partial charge in [-0.1, -0.05) is 0 Å². The molecule has 2 atom stereocenters. The van der Waals surface area contributed by atoms with Crippen molar-refractivity contribution in [2.24, 2.45) is 11.5 Å². The number of nitrogens with two attached hydrogens (primary N) is 2. The van der Waals surface area contributed by atoms with Gasteiger partial charge < -0.3 is 16.2 Å². The van der Waals surface area contributed by atoms with Crippen LogP contribution in [0.25, 0.3) is 0 Å². The molecule has 102 valence electrons. The summed E-state index contributed by atoms with van der Waals surface area (Å²) in [6, 6.07) is 2.04. The summed E-state index contributed by atoms with van der Waals surface area (Å²) in [5, 5.41) is 0. The molecule has 0 aromatic carbocycles. The van der Waals surface area contributed by atoms with Gasteiger partial charge in [0.1, 0.15) is 11.7 Å². The minimum Gasteiger partial charge on any atom is -0.474 e. The van der Waals surface area contributed by atoms with Gasteiger partial charge in [-0.3, -0.25) is 4.79 Å². The number of ether oxygens (including phenoxy) is 1. The molecule has 0 aliphatic heterocycles. The predicted molar refractivity (Wildman–Crippen MR) is 71.0 cm³/mol. The Morgan fingerprint density at radius 2 is 2.21 bits per heavy atom. The molecule has 1 aromatic heterocycles. The lowest BCUT2D eigenvalue weighted by atomic mass is 10.1. The molecule has 4 N–H and O–H groups in total. The van der Waals surface area contributed by atoms with Crippen LogP contribution >= 0.6 is 0 Å². The molecule has 2 aliphatic rings. The van der Waals surface area contributed by atoms with Crippen molar-refractivity contribution in [1.82, 2.24) is 4.98 Å². The smallest absolute Gasteiger partial charge is 0.254 e. The summed E-state index contributed by atoms with van der Waals surface area (Å²) in [6.45, 7) is 0. The first kappa shape index (κ1) is 12.4. The maximum Gasteiger partial charge on any atom is 0.254 e. The molecule has 2 unspecified atom stereocenters. The second-order valence-electron chi connectivity index (χ2n) is 5.48. The monoisotopic (exact) mass is 261 g/mol. The van der Waals surface area contributed by atoms with E-state index in [2.05, 4.69) is 4.98 Å². The van der Waals surface area contributed by atoms with Crippen LogP contribution in [-0.4, -0.2) is 23.0 Å². The number of hydrogen-bond acceptors (Lipinski definition) is 4. The normalized spacial score (nSPS) is 25.3. The number of aryl methyl sites for hydroxylation is 2. The van der Waals surface area contributed by atoms with E-state index in [9.17, 15) is 4.79 Å². The maximum atomic E-state index is 11.5. The predicted octanol–water partition coefficient (Wildman–Crippen LogP) is 0.928. The quantitative estimate of drug-likeness (QED) is 0.846. The molecule has 3 rings (SSSR count). The summed E-state index contributed by atoms with van der Waals surface area (Å²) in [5.74, 6) is -0.0771. The van der Waals surface area contributed by atoms with Gasteiger partial charge in [0.05, 0.1) is 0 Å². The number of primary amides is 1. The Labute approximate surface area is 112 Å². The van der Waals surface area contributed by atoms with E-state index in [1.165, 1.54) is 0 Å². The minimum absolute atomic E-state index is 0.0556. The Bertz CT molecular complexity index is 516. The van der Waals surface area contributed by atoms with Crippen LogP contribution in [0.3, 0.4) is 0 Å². The molecule has 1 saturated carbocycles. The largest absolute Gasteiger partial charge is 0.474 e.